The standard InChI is InChI=1S/C22H21NO5/c1-11(20(25)12-5-3-2-4-6-12)28-17(24)10-23-21(26)18-13-7-8-14(16-9-15(13)16)19(18)22(23)27/h2-8,11,13-16,18-19H,9-10H2,1H3/t11-,13-,14-,15-,16-,18-,19-/m1/s1. The van der Waals surface area contributed by atoms with Crippen molar-refractivity contribution in [1.29, 1.82) is 0 Å². The molecular weight excluding hydrogens is 358 g/mol. The third kappa shape index (κ3) is 2.47. The van der Waals surface area contributed by atoms with Crippen molar-refractivity contribution >= 4 is 23.6 Å². The fraction of sp³-hybridized carbons (Fsp3) is 0.455. The average Bonchev–Trinajstić information content (AvgIpc) is 3.49. The lowest BCUT2D eigenvalue weighted by molar-refractivity contribution is -0.154. The van der Waals surface area contributed by atoms with E-state index in [0.717, 1.165) is 11.3 Å². The van der Waals surface area contributed by atoms with Crippen molar-refractivity contribution in [3.05, 3.63) is 48.0 Å². The molecule has 5 aliphatic rings. The predicted molar refractivity (Wildman–Crippen MR) is 97.7 cm³/mol. The molecule has 7 atom stereocenters. The van der Waals surface area contributed by atoms with Crippen molar-refractivity contribution in [3.63, 3.8) is 0 Å². The van der Waals surface area contributed by atoms with Gasteiger partial charge in [-0.2, -0.15) is 0 Å². The summed E-state index contributed by atoms with van der Waals surface area (Å²) in [7, 11) is 0. The van der Waals surface area contributed by atoms with E-state index in [2.05, 4.69) is 12.2 Å². The first-order valence-electron chi connectivity index (χ1n) is 9.79. The lowest BCUT2D eigenvalue weighted by atomic mass is 9.63. The summed E-state index contributed by atoms with van der Waals surface area (Å²) < 4.78 is 5.23. The molecule has 1 heterocycles. The number of ketones is 1. The first-order valence-corrected chi connectivity index (χ1v) is 9.79. The number of imide groups is 1. The summed E-state index contributed by atoms with van der Waals surface area (Å²) >= 11 is 0. The van der Waals surface area contributed by atoms with Crippen LogP contribution in [-0.2, 0) is 19.1 Å². The lowest BCUT2D eigenvalue weighted by Crippen LogP contribution is -2.40. The number of Topliss-reactive ketones (excluding diaryl/α,β-unsaturated/α-hetero) is 1. The second-order valence-corrected chi connectivity index (χ2v) is 8.28. The van der Waals surface area contributed by atoms with Gasteiger partial charge in [0.15, 0.2) is 6.10 Å². The Labute approximate surface area is 162 Å². The maximum absolute atomic E-state index is 12.9. The van der Waals surface area contributed by atoms with E-state index in [1.54, 1.807) is 30.3 Å². The molecule has 3 fully saturated rings. The van der Waals surface area contributed by atoms with Crippen LogP contribution in [0.15, 0.2) is 42.5 Å². The Hall–Kier alpha value is -2.76. The molecule has 28 heavy (non-hydrogen) atoms. The molecule has 1 aliphatic heterocycles. The molecule has 0 radical (unpaired) electrons. The third-order valence-corrected chi connectivity index (χ3v) is 6.78. The van der Waals surface area contributed by atoms with E-state index in [-0.39, 0.29) is 41.3 Å². The summed E-state index contributed by atoms with van der Waals surface area (Å²) in [6.45, 7) is 1.07. The predicted octanol–water partition coefficient (Wildman–Crippen LogP) is 1.85. The monoisotopic (exact) mass is 379 g/mol. The molecule has 1 aromatic rings. The highest BCUT2D eigenvalue weighted by atomic mass is 16.5. The van der Waals surface area contributed by atoms with Crippen LogP contribution in [0.4, 0.5) is 0 Å². The Kier molecular flexibility index (Phi) is 3.79. The number of carbonyl (C=O) groups is 4. The summed E-state index contributed by atoms with van der Waals surface area (Å²) in [5, 5.41) is 0. The average molecular weight is 379 g/mol. The number of rotatable bonds is 5. The molecule has 1 saturated heterocycles. The van der Waals surface area contributed by atoms with Gasteiger partial charge in [0.05, 0.1) is 11.8 Å². The molecule has 0 unspecified atom stereocenters. The van der Waals surface area contributed by atoms with E-state index in [0.29, 0.717) is 17.4 Å². The topological polar surface area (TPSA) is 80.8 Å². The van der Waals surface area contributed by atoms with E-state index in [9.17, 15) is 19.2 Å². The number of benzene rings is 1. The highest BCUT2D eigenvalue weighted by molar-refractivity contribution is 6.08. The molecule has 144 valence electrons. The number of likely N-dealkylation sites (tertiary alicyclic amines) is 1. The number of carbonyl (C=O) groups excluding carboxylic acids is 4. The molecule has 6 rings (SSSR count). The first kappa shape index (κ1) is 17.3. The first-order chi connectivity index (χ1) is 13.5. The Morgan fingerprint density at radius 2 is 1.61 bits per heavy atom. The minimum Gasteiger partial charge on any atom is -0.453 e. The molecular formula is C22H21NO5. The van der Waals surface area contributed by atoms with Crippen LogP contribution in [0, 0.1) is 35.5 Å². The molecule has 6 nitrogen and oxygen atoms in total. The zero-order chi connectivity index (χ0) is 19.6. The smallest absolute Gasteiger partial charge is 0.326 e. The Balaban J connectivity index is 1.26. The molecule has 1 aromatic carbocycles. The number of ether oxygens (including phenoxy) is 1. The van der Waals surface area contributed by atoms with Crippen molar-refractivity contribution in [1.82, 2.24) is 4.90 Å². The molecule has 2 amide bonds. The van der Waals surface area contributed by atoms with Crippen LogP contribution in [0.2, 0.25) is 0 Å². The zero-order valence-electron chi connectivity index (χ0n) is 15.5. The van der Waals surface area contributed by atoms with E-state index in [1.165, 1.54) is 6.92 Å². The van der Waals surface area contributed by atoms with Gasteiger partial charge in [-0.15, -0.1) is 0 Å². The number of allylic oxidation sites excluding steroid dienone is 2. The molecule has 4 aliphatic carbocycles. The SMILES string of the molecule is C[C@@H](OC(=O)CN1C(=O)[C@@H]2[C@@H]3C=C[C@H]([C@H]4C[C@H]34)[C@H]2C1=O)C(=O)c1ccccc1. The largest absolute Gasteiger partial charge is 0.453 e. The van der Waals surface area contributed by atoms with Crippen molar-refractivity contribution in [3.8, 4) is 0 Å². The highest BCUT2D eigenvalue weighted by Gasteiger charge is 2.67. The van der Waals surface area contributed by atoms with Crippen LogP contribution in [0.25, 0.3) is 0 Å². The molecule has 2 bridgehead atoms. The van der Waals surface area contributed by atoms with Gasteiger partial charge in [-0.05, 0) is 37.0 Å². The second-order valence-electron chi connectivity index (χ2n) is 8.28. The van der Waals surface area contributed by atoms with Gasteiger partial charge in [0.25, 0.3) is 0 Å². The maximum Gasteiger partial charge on any atom is 0.326 e. The summed E-state index contributed by atoms with van der Waals surface area (Å²) in [4.78, 5) is 51.5. The number of hydrogen-bond donors (Lipinski definition) is 0. The second kappa shape index (κ2) is 6.12. The lowest BCUT2D eigenvalue weighted by Gasteiger charge is -2.37. The highest BCUT2D eigenvalue weighted by Crippen LogP contribution is 2.65. The Morgan fingerprint density at radius 1 is 1.04 bits per heavy atom. The van der Waals surface area contributed by atoms with Crippen molar-refractivity contribution in [2.45, 2.75) is 19.4 Å². The van der Waals surface area contributed by atoms with Gasteiger partial charge in [-0.25, -0.2) is 0 Å². The minimum atomic E-state index is -0.976. The number of nitrogens with zero attached hydrogens (tertiary/aromatic N) is 1. The van der Waals surface area contributed by atoms with Crippen molar-refractivity contribution < 1.29 is 23.9 Å². The third-order valence-electron chi connectivity index (χ3n) is 6.78. The van der Waals surface area contributed by atoms with Crippen LogP contribution in [0.3, 0.4) is 0 Å². The van der Waals surface area contributed by atoms with E-state index >= 15 is 0 Å². The van der Waals surface area contributed by atoms with Gasteiger partial charge in [0, 0.05) is 5.56 Å². The van der Waals surface area contributed by atoms with E-state index in [1.807, 2.05) is 0 Å². The van der Waals surface area contributed by atoms with Crippen molar-refractivity contribution in [2.75, 3.05) is 6.54 Å². The molecule has 0 spiro atoms. The normalized spacial score (nSPS) is 35.4. The van der Waals surface area contributed by atoms with Crippen LogP contribution < -0.4 is 0 Å². The van der Waals surface area contributed by atoms with Crippen LogP contribution in [0.1, 0.15) is 23.7 Å². The van der Waals surface area contributed by atoms with Crippen molar-refractivity contribution in [2.24, 2.45) is 35.5 Å². The Morgan fingerprint density at radius 3 is 2.18 bits per heavy atom. The minimum absolute atomic E-state index is 0.121. The number of hydrogen-bond acceptors (Lipinski definition) is 5. The van der Waals surface area contributed by atoms with Crippen LogP contribution >= 0.6 is 0 Å². The fourth-order valence-electron chi connectivity index (χ4n) is 5.43. The number of amides is 2. The van der Waals surface area contributed by atoms with E-state index in [4.69, 9.17) is 4.74 Å². The van der Waals surface area contributed by atoms with Gasteiger partial charge < -0.3 is 4.74 Å². The number of esters is 1. The molecule has 2 saturated carbocycles. The molecule has 6 heteroatoms. The quantitative estimate of drug-likeness (QED) is 0.338. The van der Waals surface area contributed by atoms with Gasteiger partial charge in [0.2, 0.25) is 17.6 Å². The van der Waals surface area contributed by atoms with Gasteiger partial charge in [-0.3, -0.25) is 24.1 Å². The van der Waals surface area contributed by atoms with Crippen LogP contribution in [0.5, 0.6) is 0 Å². The summed E-state index contributed by atoms with van der Waals surface area (Å²) in [6.07, 6.45) is 4.30. The van der Waals surface area contributed by atoms with E-state index < -0.39 is 18.6 Å². The van der Waals surface area contributed by atoms with Crippen LogP contribution in [-0.4, -0.2) is 41.1 Å². The summed E-state index contributed by atoms with van der Waals surface area (Å²) in [5.41, 5.74) is 0.448. The zero-order valence-corrected chi connectivity index (χ0v) is 15.5. The Bertz CT molecular complexity index is 871. The van der Waals surface area contributed by atoms with Gasteiger partial charge in [-0.1, -0.05) is 42.5 Å². The molecule has 0 N–H and O–H groups in total. The van der Waals surface area contributed by atoms with Gasteiger partial charge in [0.1, 0.15) is 6.54 Å². The summed E-state index contributed by atoms with van der Waals surface area (Å²) in [6, 6.07) is 8.57. The van der Waals surface area contributed by atoms with Gasteiger partial charge >= 0.3 is 5.97 Å². The fourth-order valence-corrected chi connectivity index (χ4v) is 5.43. The molecule has 0 aromatic heterocycles. The summed E-state index contributed by atoms with van der Waals surface area (Å²) in [5.74, 6) is -0.965. The maximum atomic E-state index is 12.9.